The van der Waals surface area contributed by atoms with Gasteiger partial charge in [-0.15, -0.1) is 0 Å². The van der Waals surface area contributed by atoms with Gasteiger partial charge in [0.25, 0.3) is 0 Å². The van der Waals surface area contributed by atoms with Gasteiger partial charge >= 0.3 is 12.1 Å². The van der Waals surface area contributed by atoms with Gasteiger partial charge in [0.05, 0.1) is 19.8 Å². The van der Waals surface area contributed by atoms with Crippen molar-refractivity contribution in [3.8, 4) is 0 Å². The summed E-state index contributed by atoms with van der Waals surface area (Å²) in [6, 6.07) is 10.1. The van der Waals surface area contributed by atoms with Crippen molar-refractivity contribution in [1.82, 2.24) is 5.32 Å². The van der Waals surface area contributed by atoms with E-state index in [9.17, 15) is 9.59 Å². The summed E-state index contributed by atoms with van der Waals surface area (Å²) < 4.78 is 20.7. The van der Waals surface area contributed by atoms with Crippen molar-refractivity contribution in [1.29, 1.82) is 0 Å². The molecule has 0 aliphatic carbocycles. The standard InChI is InChI=1S/C17H23NO6/c1-2-21-15(19)12-24-17(20)18-9-8-16-22-10-14(11-23-16)13-6-4-3-5-7-13/h3-7,14,16H,2,8-12H2,1H3,(H,18,20). The number of alkyl carbamates (subject to hydrolysis) is 1. The first-order valence-corrected chi connectivity index (χ1v) is 8.03. The molecule has 2 rings (SSSR count). The van der Waals surface area contributed by atoms with Crippen molar-refractivity contribution < 1.29 is 28.5 Å². The molecule has 1 aromatic rings. The van der Waals surface area contributed by atoms with Gasteiger partial charge in [-0.05, 0) is 12.5 Å². The van der Waals surface area contributed by atoms with Gasteiger partial charge in [-0.1, -0.05) is 30.3 Å². The molecule has 0 atom stereocenters. The van der Waals surface area contributed by atoms with E-state index in [0.717, 1.165) is 0 Å². The third kappa shape index (κ3) is 6.17. The number of ether oxygens (including phenoxy) is 4. The van der Waals surface area contributed by atoms with Crippen LogP contribution in [0.4, 0.5) is 4.79 Å². The highest BCUT2D eigenvalue weighted by atomic mass is 16.7. The molecule has 7 heteroatoms. The van der Waals surface area contributed by atoms with Crippen molar-refractivity contribution in [2.75, 3.05) is 33.0 Å². The van der Waals surface area contributed by atoms with Crippen molar-refractivity contribution in [2.24, 2.45) is 0 Å². The fourth-order valence-electron chi connectivity index (χ4n) is 2.30. The Balaban J connectivity index is 1.58. The van der Waals surface area contributed by atoms with E-state index in [1.807, 2.05) is 18.2 Å². The number of amides is 1. The summed E-state index contributed by atoms with van der Waals surface area (Å²) >= 11 is 0. The normalized spacial score (nSPS) is 20.2. The number of rotatable bonds is 7. The number of benzene rings is 1. The molecule has 0 aromatic heterocycles. The molecule has 1 aliphatic rings. The first kappa shape index (κ1) is 18.2. The third-order valence-corrected chi connectivity index (χ3v) is 3.51. The first-order chi connectivity index (χ1) is 11.7. The van der Waals surface area contributed by atoms with Gasteiger partial charge in [0.15, 0.2) is 12.9 Å². The molecule has 7 nitrogen and oxygen atoms in total. The Hall–Kier alpha value is -2.12. The highest BCUT2D eigenvalue weighted by molar-refractivity contribution is 5.75. The lowest BCUT2D eigenvalue weighted by Gasteiger charge is -2.29. The Bertz CT molecular complexity index is 513. The number of hydrogen-bond acceptors (Lipinski definition) is 6. The molecule has 0 unspecified atom stereocenters. The van der Waals surface area contributed by atoms with Crippen LogP contribution >= 0.6 is 0 Å². The van der Waals surface area contributed by atoms with Gasteiger partial charge < -0.3 is 24.3 Å². The monoisotopic (exact) mass is 337 g/mol. The highest BCUT2D eigenvalue weighted by Gasteiger charge is 2.23. The zero-order valence-corrected chi connectivity index (χ0v) is 13.7. The van der Waals surface area contributed by atoms with Gasteiger partial charge in [0, 0.05) is 18.9 Å². The second-order valence-corrected chi connectivity index (χ2v) is 5.30. The maximum absolute atomic E-state index is 11.4. The van der Waals surface area contributed by atoms with Gasteiger partial charge in [0.1, 0.15) is 0 Å². The molecule has 132 valence electrons. The Morgan fingerprint density at radius 3 is 2.54 bits per heavy atom. The minimum Gasteiger partial charge on any atom is -0.463 e. The quantitative estimate of drug-likeness (QED) is 0.764. The fourth-order valence-corrected chi connectivity index (χ4v) is 2.30. The number of carbonyl (C=O) groups excluding carboxylic acids is 2. The molecule has 0 saturated carbocycles. The molecule has 1 N–H and O–H groups in total. The predicted molar refractivity (Wildman–Crippen MR) is 85.5 cm³/mol. The van der Waals surface area contributed by atoms with Crippen LogP contribution in [0.15, 0.2) is 30.3 Å². The van der Waals surface area contributed by atoms with E-state index in [2.05, 4.69) is 22.2 Å². The predicted octanol–water partition coefficient (Wildman–Crippen LogP) is 1.82. The summed E-state index contributed by atoms with van der Waals surface area (Å²) in [5, 5.41) is 2.54. The van der Waals surface area contributed by atoms with E-state index in [-0.39, 0.29) is 18.8 Å². The Kier molecular flexibility index (Phi) is 7.51. The molecule has 1 aromatic carbocycles. The zero-order chi connectivity index (χ0) is 17.2. The summed E-state index contributed by atoms with van der Waals surface area (Å²) in [6.45, 7) is 3.05. The highest BCUT2D eigenvalue weighted by Crippen LogP contribution is 2.22. The summed E-state index contributed by atoms with van der Waals surface area (Å²) in [6.07, 6.45) is -0.507. The molecular formula is C17H23NO6. The average Bonchev–Trinajstić information content (AvgIpc) is 2.62. The maximum Gasteiger partial charge on any atom is 0.407 e. The Labute approximate surface area is 141 Å². The molecule has 0 radical (unpaired) electrons. The SMILES string of the molecule is CCOC(=O)COC(=O)NCCC1OCC(c2ccccc2)CO1. The molecule has 0 bridgehead atoms. The van der Waals surface area contributed by atoms with E-state index in [4.69, 9.17) is 14.2 Å². The molecule has 24 heavy (non-hydrogen) atoms. The van der Waals surface area contributed by atoms with Crippen LogP contribution < -0.4 is 5.32 Å². The number of nitrogens with one attached hydrogen (secondary N) is 1. The van der Waals surface area contributed by atoms with E-state index in [0.29, 0.717) is 26.2 Å². The average molecular weight is 337 g/mol. The Morgan fingerprint density at radius 2 is 1.88 bits per heavy atom. The number of carbonyl (C=O) groups is 2. The van der Waals surface area contributed by atoms with Crippen LogP contribution in [0.2, 0.25) is 0 Å². The molecule has 1 aliphatic heterocycles. The Morgan fingerprint density at radius 1 is 1.17 bits per heavy atom. The van der Waals surface area contributed by atoms with Gasteiger partial charge in [-0.2, -0.15) is 0 Å². The van der Waals surface area contributed by atoms with E-state index >= 15 is 0 Å². The summed E-state index contributed by atoms with van der Waals surface area (Å²) in [5.41, 5.74) is 1.19. The largest absolute Gasteiger partial charge is 0.463 e. The lowest BCUT2D eigenvalue weighted by molar-refractivity contribution is -0.188. The van der Waals surface area contributed by atoms with Gasteiger partial charge in [0.2, 0.25) is 0 Å². The van der Waals surface area contributed by atoms with Crippen LogP contribution in [-0.2, 0) is 23.7 Å². The lowest BCUT2D eigenvalue weighted by Crippen LogP contribution is -2.35. The van der Waals surface area contributed by atoms with Crippen LogP contribution in [0, 0.1) is 0 Å². The number of hydrogen-bond donors (Lipinski definition) is 1. The smallest absolute Gasteiger partial charge is 0.407 e. The van der Waals surface area contributed by atoms with Crippen LogP contribution in [0.1, 0.15) is 24.8 Å². The maximum atomic E-state index is 11.4. The second kappa shape index (κ2) is 9.89. The van der Waals surface area contributed by atoms with Gasteiger partial charge in [-0.25, -0.2) is 9.59 Å². The molecular weight excluding hydrogens is 314 g/mol. The summed E-state index contributed by atoms with van der Waals surface area (Å²) in [5.74, 6) is -0.344. The van der Waals surface area contributed by atoms with E-state index in [1.165, 1.54) is 5.56 Å². The fraction of sp³-hybridized carbons (Fsp3) is 0.529. The lowest BCUT2D eigenvalue weighted by atomic mass is 10.0. The van der Waals surface area contributed by atoms with Crippen LogP contribution in [-0.4, -0.2) is 51.3 Å². The van der Waals surface area contributed by atoms with Crippen molar-refractivity contribution in [3.05, 3.63) is 35.9 Å². The first-order valence-electron chi connectivity index (χ1n) is 8.03. The molecule has 1 heterocycles. The molecule has 0 spiro atoms. The van der Waals surface area contributed by atoms with Crippen molar-refractivity contribution in [2.45, 2.75) is 25.6 Å². The van der Waals surface area contributed by atoms with E-state index < -0.39 is 18.7 Å². The summed E-state index contributed by atoms with van der Waals surface area (Å²) in [7, 11) is 0. The van der Waals surface area contributed by atoms with Crippen molar-refractivity contribution >= 4 is 12.1 Å². The van der Waals surface area contributed by atoms with E-state index in [1.54, 1.807) is 6.92 Å². The molecule has 1 amide bonds. The minimum atomic E-state index is -0.666. The van der Waals surface area contributed by atoms with Crippen LogP contribution in [0.25, 0.3) is 0 Å². The molecule has 1 saturated heterocycles. The van der Waals surface area contributed by atoms with Crippen LogP contribution in [0.3, 0.4) is 0 Å². The van der Waals surface area contributed by atoms with Gasteiger partial charge in [-0.3, -0.25) is 0 Å². The topological polar surface area (TPSA) is 83.1 Å². The summed E-state index contributed by atoms with van der Waals surface area (Å²) in [4.78, 5) is 22.5. The van der Waals surface area contributed by atoms with Crippen molar-refractivity contribution in [3.63, 3.8) is 0 Å². The third-order valence-electron chi connectivity index (χ3n) is 3.51. The zero-order valence-electron chi connectivity index (χ0n) is 13.7. The number of esters is 1. The second-order valence-electron chi connectivity index (χ2n) is 5.30. The van der Waals surface area contributed by atoms with Crippen LogP contribution in [0.5, 0.6) is 0 Å². The minimum absolute atomic E-state index is 0.227. The molecule has 1 fully saturated rings.